The number of nitrogens with one attached hydrogen (secondary N) is 2. The van der Waals surface area contributed by atoms with Crippen LogP contribution in [0.2, 0.25) is 0 Å². The quantitative estimate of drug-likeness (QED) is 0.563. The number of ether oxygens (including phenoxy) is 2. The van der Waals surface area contributed by atoms with E-state index in [1.165, 1.54) is 23.9 Å². The SMILES string of the molecule is COc1cc(C(=O)NNC(=O)c2nn(C(C)C)c(=O)c3ccccc23)ccc1OC(F)F. The van der Waals surface area contributed by atoms with E-state index < -0.39 is 18.4 Å². The molecule has 0 fully saturated rings. The van der Waals surface area contributed by atoms with Crippen LogP contribution in [0.5, 0.6) is 11.5 Å². The first-order valence-corrected chi connectivity index (χ1v) is 9.48. The lowest BCUT2D eigenvalue weighted by atomic mass is 10.1. The van der Waals surface area contributed by atoms with Crippen LogP contribution < -0.4 is 25.9 Å². The molecule has 0 atom stereocenters. The first kappa shape index (κ1) is 22.7. The molecule has 0 aliphatic carbocycles. The van der Waals surface area contributed by atoms with Crippen molar-refractivity contribution in [1.82, 2.24) is 20.6 Å². The standard InChI is InChI=1S/C21H20F2N4O5/c1-11(2)27-20(30)14-7-5-4-6-13(14)17(26-27)19(29)25-24-18(28)12-8-9-15(32-21(22)23)16(10-12)31-3/h4-11,21H,1-3H3,(H,24,28)(H,25,29). The van der Waals surface area contributed by atoms with Crippen molar-refractivity contribution in [2.75, 3.05) is 7.11 Å². The number of hydrazine groups is 1. The number of hydrogen-bond donors (Lipinski definition) is 2. The Bertz CT molecular complexity index is 1230. The van der Waals surface area contributed by atoms with Gasteiger partial charge in [0.1, 0.15) is 0 Å². The molecule has 0 unspecified atom stereocenters. The van der Waals surface area contributed by atoms with Gasteiger partial charge < -0.3 is 9.47 Å². The molecule has 0 saturated carbocycles. The third-order valence-corrected chi connectivity index (χ3v) is 4.46. The van der Waals surface area contributed by atoms with Crippen molar-refractivity contribution in [3.8, 4) is 11.5 Å². The number of rotatable bonds is 6. The number of hydrogen-bond acceptors (Lipinski definition) is 6. The number of nitrogens with zero attached hydrogens (tertiary/aromatic N) is 2. The third-order valence-electron chi connectivity index (χ3n) is 4.46. The van der Waals surface area contributed by atoms with Crippen LogP contribution in [0.1, 0.15) is 40.7 Å². The molecule has 0 saturated heterocycles. The van der Waals surface area contributed by atoms with Gasteiger partial charge in [-0.25, -0.2) is 4.68 Å². The van der Waals surface area contributed by atoms with Gasteiger partial charge in [-0.1, -0.05) is 18.2 Å². The summed E-state index contributed by atoms with van der Waals surface area (Å²) in [5.74, 6) is -1.80. The summed E-state index contributed by atoms with van der Waals surface area (Å²) in [6.45, 7) is 0.447. The molecule has 2 amide bonds. The van der Waals surface area contributed by atoms with Crippen molar-refractivity contribution in [1.29, 1.82) is 0 Å². The van der Waals surface area contributed by atoms with Crippen LogP contribution in [-0.2, 0) is 0 Å². The summed E-state index contributed by atoms with van der Waals surface area (Å²) in [4.78, 5) is 37.8. The van der Waals surface area contributed by atoms with Gasteiger partial charge in [-0.2, -0.15) is 13.9 Å². The summed E-state index contributed by atoms with van der Waals surface area (Å²) >= 11 is 0. The molecule has 9 nitrogen and oxygen atoms in total. The second kappa shape index (κ2) is 9.41. The van der Waals surface area contributed by atoms with Crippen molar-refractivity contribution in [3.63, 3.8) is 0 Å². The number of halogens is 2. The normalized spacial score (nSPS) is 11.0. The molecule has 0 spiro atoms. The lowest BCUT2D eigenvalue weighted by Crippen LogP contribution is -2.43. The zero-order valence-corrected chi connectivity index (χ0v) is 17.4. The number of aromatic nitrogens is 2. The van der Waals surface area contributed by atoms with Gasteiger partial charge in [0, 0.05) is 10.9 Å². The Morgan fingerprint density at radius 2 is 1.66 bits per heavy atom. The van der Waals surface area contributed by atoms with Crippen molar-refractivity contribution < 1.29 is 27.8 Å². The van der Waals surface area contributed by atoms with E-state index in [9.17, 15) is 23.2 Å². The number of carbonyl (C=O) groups excluding carboxylic acids is 2. The molecule has 0 radical (unpaired) electrons. The second-order valence-electron chi connectivity index (χ2n) is 6.89. The fourth-order valence-electron chi connectivity index (χ4n) is 2.97. The molecule has 1 aromatic heterocycles. The van der Waals surface area contributed by atoms with Crippen molar-refractivity contribution in [3.05, 3.63) is 64.1 Å². The van der Waals surface area contributed by atoms with Crippen LogP contribution in [-0.4, -0.2) is 35.3 Å². The number of benzene rings is 2. The molecule has 2 aromatic carbocycles. The number of amides is 2. The average molecular weight is 446 g/mol. The van der Waals surface area contributed by atoms with E-state index in [4.69, 9.17) is 4.74 Å². The van der Waals surface area contributed by atoms with Crippen LogP contribution in [0.3, 0.4) is 0 Å². The summed E-state index contributed by atoms with van der Waals surface area (Å²) < 4.78 is 35.4. The van der Waals surface area contributed by atoms with Gasteiger partial charge in [-0.15, -0.1) is 0 Å². The highest BCUT2D eigenvalue weighted by atomic mass is 19.3. The van der Waals surface area contributed by atoms with Gasteiger partial charge >= 0.3 is 6.61 Å². The number of methoxy groups -OCH3 is 1. The Morgan fingerprint density at radius 1 is 1.00 bits per heavy atom. The Hall–Kier alpha value is -4.02. The maximum absolute atomic E-state index is 12.7. The lowest BCUT2D eigenvalue weighted by Gasteiger charge is -2.14. The van der Waals surface area contributed by atoms with Gasteiger partial charge in [0.25, 0.3) is 17.4 Å². The fraction of sp³-hybridized carbons (Fsp3) is 0.238. The van der Waals surface area contributed by atoms with Gasteiger partial charge in [0.2, 0.25) is 0 Å². The molecule has 2 N–H and O–H groups in total. The monoisotopic (exact) mass is 446 g/mol. The molecular formula is C21H20F2N4O5. The van der Waals surface area contributed by atoms with E-state index >= 15 is 0 Å². The Labute approximate surface area is 180 Å². The minimum absolute atomic E-state index is 0.0220. The highest BCUT2D eigenvalue weighted by Gasteiger charge is 2.19. The Balaban J connectivity index is 1.83. The summed E-state index contributed by atoms with van der Waals surface area (Å²) in [6, 6.07) is 9.77. The van der Waals surface area contributed by atoms with Gasteiger partial charge in [0.05, 0.1) is 18.5 Å². The highest BCUT2D eigenvalue weighted by Crippen LogP contribution is 2.29. The van der Waals surface area contributed by atoms with Gasteiger partial charge in [-0.05, 0) is 38.1 Å². The van der Waals surface area contributed by atoms with Crippen molar-refractivity contribution in [2.24, 2.45) is 0 Å². The zero-order valence-electron chi connectivity index (χ0n) is 17.4. The molecular weight excluding hydrogens is 426 g/mol. The number of carbonyl (C=O) groups is 2. The van der Waals surface area contributed by atoms with Crippen molar-refractivity contribution in [2.45, 2.75) is 26.5 Å². The van der Waals surface area contributed by atoms with E-state index in [2.05, 4.69) is 20.7 Å². The summed E-state index contributed by atoms with van der Waals surface area (Å²) in [5, 5.41) is 4.79. The first-order chi connectivity index (χ1) is 15.2. The van der Waals surface area contributed by atoms with Crippen molar-refractivity contribution >= 4 is 22.6 Å². The van der Waals surface area contributed by atoms with Crippen LogP contribution >= 0.6 is 0 Å². The molecule has 168 valence electrons. The summed E-state index contributed by atoms with van der Waals surface area (Å²) in [5.41, 5.74) is 4.11. The maximum Gasteiger partial charge on any atom is 0.387 e. The lowest BCUT2D eigenvalue weighted by molar-refractivity contribution is -0.0512. The van der Waals surface area contributed by atoms with Crippen LogP contribution in [0.4, 0.5) is 8.78 Å². The van der Waals surface area contributed by atoms with Gasteiger partial charge in [-0.3, -0.25) is 25.2 Å². The Kier molecular flexibility index (Phi) is 6.67. The molecule has 3 rings (SSSR count). The summed E-state index contributed by atoms with van der Waals surface area (Å²) in [7, 11) is 1.23. The fourth-order valence-corrected chi connectivity index (χ4v) is 2.97. The zero-order chi connectivity index (χ0) is 23.4. The molecule has 0 aliphatic rings. The predicted molar refractivity (Wildman–Crippen MR) is 111 cm³/mol. The molecule has 0 bridgehead atoms. The van der Waals surface area contributed by atoms with Crippen LogP contribution in [0, 0.1) is 0 Å². The van der Waals surface area contributed by atoms with E-state index in [-0.39, 0.29) is 34.4 Å². The van der Waals surface area contributed by atoms with E-state index in [0.717, 1.165) is 6.07 Å². The minimum Gasteiger partial charge on any atom is -0.493 e. The van der Waals surface area contributed by atoms with Crippen LogP contribution in [0.25, 0.3) is 10.8 Å². The minimum atomic E-state index is -3.06. The number of alkyl halides is 2. The third kappa shape index (κ3) is 4.66. The molecule has 0 aliphatic heterocycles. The largest absolute Gasteiger partial charge is 0.493 e. The smallest absolute Gasteiger partial charge is 0.387 e. The first-order valence-electron chi connectivity index (χ1n) is 9.48. The molecule has 1 heterocycles. The van der Waals surface area contributed by atoms with E-state index in [0.29, 0.717) is 10.8 Å². The van der Waals surface area contributed by atoms with Crippen LogP contribution in [0.15, 0.2) is 47.3 Å². The molecule has 3 aromatic rings. The highest BCUT2D eigenvalue weighted by molar-refractivity contribution is 6.06. The maximum atomic E-state index is 12.7. The summed E-state index contributed by atoms with van der Waals surface area (Å²) in [6.07, 6.45) is 0. The second-order valence-corrected chi connectivity index (χ2v) is 6.89. The molecule has 32 heavy (non-hydrogen) atoms. The molecule has 11 heteroatoms. The van der Waals surface area contributed by atoms with Gasteiger partial charge in [0.15, 0.2) is 17.2 Å². The predicted octanol–water partition coefficient (Wildman–Crippen LogP) is 2.66. The average Bonchev–Trinajstić information content (AvgIpc) is 2.77. The number of fused-ring (bicyclic) bond motifs is 1. The Morgan fingerprint density at radius 3 is 2.28 bits per heavy atom. The topological polar surface area (TPSA) is 112 Å². The van der Waals surface area contributed by atoms with E-state index in [1.807, 2.05) is 0 Å². The van der Waals surface area contributed by atoms with E-state index in [1.54, 1.807) is 38.1 Å².